The number of methoxy groups -OCH3 is 2. The molecular weight excluding hydrogens is 498 g/mol. The van der Waals surface area contributed by atoms with E-state index in [0.717, 1.165) is 25.9 Å². The van der Waals surface area contributed by atoms with Gasteiger partial charge in [-0.1, -0.05) is 18.2 Å². The highest BCUT2D eigenvalue weighted by Crippen LogP contribution is 2.32. The van der Waals surface area contributed by atoms with Gasteiger partial charge in [0, 0.05) is 11.0 Å². The second-order valence-electron chi connectivity index (χ2n) is 7.94. The number of hydrazone groups is 1. The van der Waals surface area contributed by atoms with Crippen molar-refractivity contribution in [2.45, 2.75) is 23.6 Å². The Labute approximate surface area is 216 Å². The molecule has 3 aromatic carbocycles. The number of nitrogens with one attached hydrogen (secondary N) is 1. The Balaban J connectivity index is 1.91. The van der Waals surface area contributed by atoms with E-state index in [0.29, 0.717) is 11.4 Å². The molecule has 0 heterocycles. The average molecular weight is 528 g/mol. The molecule has 0 fully saturated rings. The minimum atomic E-state index is -4.14. The fourth-order valence-corrected chi connectivity index (χ4v) is 5.38. The molecule has 10 heteroatoms. The summed E-state index contributed by atoms with van der Waals surface area (Å²) in [5, 5.41) is 3.99. The molecule has 0 saturated carbocycles. The van der Waals surface area contributed by atoms with Gasteiger partial charge >= 0.3 is 0 Å². The van der Waals surface area contributed by atoms with Crippen LogP contribution < -0.4 is 19.2 Å². The molecule has 8 nitrogen and oxygen atoms in total. The summed E-state index contributed by atoms with van der Waals surface area (Å²) in [4.78, 5) is 13.9. The highest BCUT2D eigenvalue weighted by molar-refractivity contribution is 7.98. The van der Waals surface area contributed by atoms with E-state index in [9.17, 15) is 13.2 Å². The molecule has 0 aromatic heterocycles. The Morgan fingerprint density at radius 2 is 1.61 bits per heavy atom. The molecule has 0 saturated heterocycles. The van der Waals surface area contributed by atoms with Crippen molar-refractivity contribution in [2.24, 2.45) is 5.10 Å². The summed E-state index contributed by atoms with van der Waals surface area (Å²) in [5.41, 5.74) is 5.33. The molecule has 1 amide bonds. The Kier molecular flexibility index (Phi) is 9.00. The molecule has 36 heavy (non-hydrogen) atoms. The fraction of sp³-hybridized carbons (Fsp3) is 0.231. The van der Waals surface area contributed by atoms with E-state index in [1.807, 2.05) is 50.4 Å². The molecule has 0 aliphatic rings. The molecule has 3 rings (SSSR count). The lowest BCUT2D eigenvalue weighted by molar-refractivity contribution is -0.119. The minimum Gasteiger partial charge on any atom is -0.493 e. The Hall–Kier alpha value is -3.50. The molecule has 3 aromatic rings. The number of benzene rings is 3. The minimum absolute atomic E-state index is 0.0375. The van der Waals surface area contributed by atoms with Gasteiger partial charge < -0.3 is 9.47 Å². The monoisotopic (exact) mass is 527 g/mol. The summed E-state index contributed by atoms with van der Waals surface area (Å²) in [6.45, 7) is 3.26. The number of thioether (sulfide) groups is 1. The van der Waals surface area contributed by atoms with Crippen molar-refractivity contribution in [2.75, 3.05) is 31.3 Å². The van der Waals surface area contributed by atoms with Crippen molar-refractivity contribution < 1.29 is 22.7 Å². The van der Waals surface area contributed by atoms with Gasteiger partial charge in [0.2, 0.25) is 0 Å². The van der Waals surface area contributed by atoms with E-state index in [2.05, 4.69) is 10.5 Å². The molecule has 0 aliphatic heterocycles. The van der Waals surface area contributed by atoms with Gasteiger partial charge in [0.15, 0.2) is 11.5 Å². The van der Waals surface area contributed by atoms with Crippen LogP contribution in [-0.2, 0) is 14.8 Å². The van der Waals surface area contributed by atoms with Crippen LogP contribution in [0.25, 0.3) is 0 Å². The van der Waals surface area contributed by atoms with Crippen molar-refractivity contribution in [1.29, 1.82) is 0 Å². The highest BCUT2D eigenvalue weighted by Gasteiger charge is 2.28. The van der Waals surface area contributed by atoms with Crippen molar-refractivity contribution in [3.05, 3.63) is 77.4 Å². The van der Waals surface area contributed by atoms with Gasteiger partial charge in [0.05, 0.1) is 31.0 Å². The molecule has 190 valence electrons. The average Bonchev–Trinajstić information content (AvgIpc) is 2.86. The van der Waals surface area contributed by atoms with E-state index in [-0.39, 0.29) is 10.6 Å². The highest BCUT2D eigenvalue weighted by atomic mass is 32.2. The Bertz CT molecular complexity index is 1340. The van der Waals surface area contributed by atoms with Crippen LogP contribution in [0.3, 0.4) is 0 Å². The first-order chi connectivity index (χ1) is 17.2. The maximum atomic E-state index is 13.7. The quantitative estimate of drug-likeness (QED) is 0.239. The molecule has 0 aliphatic carbocycles. The molecule has 0 spiro atoms. The number of ether oxygens (including phenoxy) is 2. The van der Waals surface area contributed by atoms with E-state index in [4.69, 9.17) is 9.47 Å². The number of hydrogen-bond donors (Lipinski definition) is 1. The Morgan fingerprint density at radius 3 is 2.19 bits per heavy atom. The molecule has 0 radical (unpaired) electrons. The number of anilines is 1. The zero-order valence-corrected chi connectivity index (χ0v) is 22.4. The smallest absolute Gasteiger partial charge is 0.264 e. The van der Waals surface area contributed by atoms with Crippen LogP contribution >= 0.6 is 11.8 Å². The van der Waals surface area contributed by atoms with E-state index < -0.39 is 22.5 Å². The number of carbonyl (C=O) groups excluding carboxylic acids is 1. The third kappa shape index (κ3) is 6.58. The number of nitrogens with zero attached hydrogens (tertiary/aromatic N) is 2. The van der Waals surface area contributed by atoms with Gasteiger partial charge in [0.1, 0.15) is 6.54 Å². The standard InChI is InChI=1S/C26H29N3O5S2/c1-18-12-19(2)14-21(13-18)29(36(31,32)23-10-11-24(33-3)25(15-23)34-4)17-26(30)28-27-16-20-6-8-22(35-5)9-7-20/h6-16H,17H2,1-5H3,(H,28,30)/b27-16-. The molecule has 0 bridgehead atoms. The molecule has 1 N–H and O–H groups in total. The van der Waals surface area contributed by atoms with Crippen LogP contribution in [-0.4, -0.2) is 47.6 Å². The maximum absolute atomic E-state index is 13.7. The van der Waals surface area contributed by atoms with Crippen molar-refractivity contribution in [3.63, 3.8) is 0 Å². The van der Waals surface area contributed by atoms with E-state index >= 15 is 0 Å². The summed E-state index contributed by atoms with van der Waals surface area (Å²) in [5.74, 6) is 0.0720. The second kappa shape index (κ2) is 12.0. The summed E-state index contributed by atoms with van der Waals surface area (Å²) < 4.78 is 39.0. The summed E-state index contributed by atoms with van der Waals surface area (Å²) in [6.07, 6.45) is 3.49. The van der Waals surface area contributed by atoms with Crippen LogP contribution in [0.2, 0.25) is 0 Å². The van der Waals surface area contributed by atoms with Crippen LogP contribution in [0.15, 0.2) is 75.6 Å². The Morgan fingerprint density at radius 1 is 0.972 bits per heavy atom. The van der Waals surface area contributed by atoms with Crippen molar-refractivity contribution >= 4 is 39.6 Å². The first-order valence-corrected chi connectivity index (χ1v) is 13.6. The first-order valence-electron chi connectivity index (χ1n) is 11.0. The van der Waals surface area contributed by atoms with Gasteiger partial charge in [-0.15, -0.1) is 11.8 Å². The topological polar surface area (TPSA) is 97.3 Å². The predicted octanol–water partition coefficient (Wildman–Crippen LogP) is 4.39. The summed E-state index contributed by atoms with van der Waals surface area (Å²) in [7, 11) is -1.25. The SMILES string of the molecule is COc1ccc(S(=O)(=O)N(CC(=O)N/N=C\c2ccc(SC)cc2)c2cc(C)cc(C)c2)cc1OC. The number of rotatable bonds is 10. The zero-order chi connectivity index (χ0) is 26.3. The van der Waals surface area contributed by atoms with Gasteiger partial charge in [-0.2, -0.15) is 5.10 Å². The summed E-state index contributed by atoms with van der Waals surface area (Å²) >= 11 is 1.63. The lowest BCUT2D eigenvalue weighted by Gasteiger charge is -2.25. The largest absolute Gasteiger partial charge is 0.493 e. The van der Waals surface area contributed by atoms with E-state index in [1.165, 1.54) is 38.6 Å². The third-order valence-corrected chi connectivity index (χ3v) is 7.76. The van der Waals surface area contributed by atoms with Crippen molar-refractivity contribution in [3.8, 4) is 11.5 Å². The number of sulfonamides is 1. The third-order valence-electron chi connectivity index (χ3n) is 5.24. The van der Waals surface area contributed by atoms with Crippen LogP contribution in [0.5, 0.6) is 11.5 Å². The van der Waals surface area contributed by atoms with Crippen LogP contribution in [0.4, 0.5) is 5.69 Å². The molecule has 0 atom stereocenters. The number of aryl methyl sites for hydroxylation is 2. The number of amides is 1. The fourth-order valence-electron chi connectivity index (χ4n) is 3.55. The lowest BCUT2D eigenvalue weighted by Crippen LogP contribution is -2.39. The van der Waals surface area contributed by atoms with Crippen LogP contribution in [0, 0.1) is 13.8 Å². The molecule has 0 unspecified atom stereocenters. The number of hydrogen-bond acceptors (Lipinski definition) is 7. The second-order valence-corrected chi connectivity index (χ2v) is 10.7. The summed E-state index contributed by atoms with van der Waals surface area (Å²) in [6, 6.07) is 17.3. The lowest BCUT2D eigenvalue weighted by atomic mass is 10.1. The van der Waals surface area contributed by atoms with Gasteiger partial charge in [-0.05, 0) is 73.2 Å². The first kappa shape index (κ1) is 27.1. The molecular formula is C26H29N3O5S2. The van der Waals surface area contributed by atoms with Gasteiger partial charge in [-0.25, -0.2) is 13.8 Å². The maximum Gasteiger partial charge on any atom is 0.264 e. The number of carbonyl (C=O) groups is 1. The van der Waals surface area contributed by atoms with Gasteiger partial charge in [-0.3, -0.25) is 9.10 Å². The van der Waals surface area contributed by atoms with Crippen LogP contribution in [0.1, 0.15) is 16.7 Å². The zero-order valence-electron chi connectivity index (χ0n) is 20.8. The van der Waals surface area contributed by atoms with Gasteiger partial charge in [0.25, 0.3) is 15.9 Å². The van der Waals surface area contributed by atoms with E-state index in [1.54, 1.807) is 23.9 Å². The normalized spacial score (nSPS) is 11.4. The van der Waals surface area contributed by atoms with Crippen molar-refractivity contribution in [1.82, 2.24) is 5.43 Å². The predicted molar refractivity (Wildman–Crippen MR) is 144 cm³/mol.